The van der Waals surface area contributed by atoms with Crippen LogP contribution in [0.4, 0.5) is 11.6 Å². The number of rotatable bonds is 8. The number of nitrogens with zero attached hydrogens (tertiary/aromatic N) is 2. The summed E-state index contributed by atoms with van der Waals surface area (Å²) in [5, 5.41) is 6.77. The summed E-state index contributed by atoms with van der Waals surface area (Å²) < 4.78 is 5.23. The molecule has 0 spiro atoms. The van der Waals surface area contributed by atoms with Crippen LogP contribution in [0.25, 0.3) is 0 Å². The largest absolute Gasteiger partial charge is 0.385 e. The zero-order chi connectivity index (χ0) is 14.9. The molecule has 2 saturated carbocycles. The van der Waals surface area contributed by atoms with E-state index < -0.39 is 0 Å². The van der Waals surface area contributed by atoms with Gasteiger partial charge in [0.1, 0.15) is 17.5 Å². The number of hydrogen-bond donors (Lipinski definition) is 2. The average Bonchev–Trinajstić information content (AvgIpc) is 3.38. The number of hydrogen-bond acceptors (Lipinski definition) is 5. The van der Waals surface area contributed by atoms with Gasteiger partial charge in [-0.05, 0) is 44.4 Å². The van der Waals surface area contributed by atoms with E-state index in [9.17, 15) is 0 Å². The average molecular weight is 290 g/mol. The second kappa shape index (κ2) is 5.79. The molecule has 3 rings (SSSR count). The molecule has 2 fully saturated rings. The summed E-state index contributed by atoms with van der Waals surface area (Å²) >= 11 is 0. The van der Waals surface area contributed by atoms with Gasteiger partial charge in [0.15, 0.2) is 0 Å². The van der Waals surface area contributed by atoms with Crippen LogP contribution in [0.15, 0.2) is 0 Å². The summed E-state index contributed by atoms with van der Waals surface area (Å²) in [6, 6.07) is 0. The summed E-state index contributed by atoms with van der Waals surface area (Å²) in [5.41, 5.74) is 1.54. The van der Waals surface area contributed by atoms with Crippen molar-refractivity contribution in [2.45, 2.75) is 44.9 Å². The molecule has 5 nitrogen and oxygen atoms in total. The first kappa shape index (κ1) is 14.6. The molecule has 1 heterocycles. The third-order valence-electron chi connectivity index (χ3n) is 4.77. The van der Waals surface area contributed by atoms with Crippen LogP contribution in [-0.4, -0.2) is 37.3 Å². The highest BCUT2D eigenvalue weighted by atomic mass is 16.5. The Morgan fingerprint density at radius 3 is 2.52 bits per heavy atom. The molecule has 5 heteroatoms. The van der Waals surface area contributed by atoms with Gasteiger partial charge < -0.3 is 15.4 Å². The normalized spacial score (nSPS) is 19.4. The van der Waals surface area contributed by atoms with Gasteiger partial charge in [-0.1, -0.05) is 0 Å². The zero-order valence-electron chi connectivity index (χ0n) is 13.3. The molecule has 116 valence electrons. The summed E-state index contributed by atoms with van der Waals surface area (Å²) in [6.07, 6.45) is 6.17. The lowest BCUT2D eigenvalue weighted by molar-refractivity contribution is 0.175. The van der Waals surface area contributed by atoms with Gasteiger partial charge in [-0.15, -0.1) is 0 Å². The van der Waals surface area contributed by atoms with Crippen molar-refractivity contribution in [2.24, 2.45) is 5.41 Å². The number of ether oxygens (including phenoxy) is 1. The van der Waals surface area contributed by atoms with E-state index in [2.05, 4.69) is 22.5 Å². The quantitative estimate of drug-likeness (QED) is 0.771. The molecule has 0 amide bonds. The lowest BCUT2D eigenvalue weighted by Crippen LogP contribution is -2.19. The van der Waals surface area contributed by atoms with E-state index in [1.807, 2.05) is 7.05 Å². The highest BCUT2D eigenvalue weighted by Gasteiger charge is 2.42. The van der Waals surface area contributed by atoms with Crippen molar-refractivity contribution < 1.29 is 4.74 Å². The van der Waals surface area contributed by atoms with Crippen LogP contribution in [0.1, 0.15) is 49.4 Å². The Kier molecular flexibility index (Phi) is 4.02. The Morgan fingerprint density at radius 1 is 1.24 bits per heavy atom. The molecule has 2 aliphatic rings. The monoisotopic (exact) mass is 290 g/mol. The van der Waals surface area contributed by atoms with E-state index >= 15 is 0 Å². The van der Waals surface area contributed by atoms with Crippen molar-refractivity contribution in [2.75, 3.05) is 37.9 Å². The number of methoxy groups -OCH3 is 1. The van der Waals surface area contributed by atoms with Gasteiger partial charge in [-0.3, -0.25) is 0 Å². The van der Waals surface area contributed by atoms with Crippen LogP contribution < -0.4 is 10.6 Å². The highest BCUT2D eigenvalue weighted by Crippen LogP contribution is 2.49. The van der Waals surface area contributed by atoms with Crippen molar-refractivity contribution in [1.29, 1.82) is 0 Å². The molecular weight excluding hydrogens is 264 g/mol. The topological polar surface area (TPSA) is 59.1 Å². The van der Waals surface area contributed by atoms with Crippen molar-refractivity contribution in [3.63, 3.8) is 0 Å². The van der Waals surface area contributed by atoms with Crippen LogP contribution in [0.2, 0.25) is 0 Å². The molecule has 0 saturated heterocycles. The Morgan fingerprint density at radius 2 is 1.95 bits per heavy atom. The second-order valence-corrected chi connectivity index (χ2v) is 6.52. The minimum absolute atomic E-state index is 0.424. The molecule has 0 bridgehead atoms. The highest BCUT2D eigenvalue weighted by molar-refractivity contribution is 5.57. The van der Waals surface area contributed by atoms with E-state index in [1.54, 1.807) is 7.11 Å². The molecule has 21 heavy (non-hydrogen) atoms. The molecule has 2 N–H and O–H groups in total. The third kappa shape index (κ3) is 3.28. The summed E-state index contributed by atoms with van der Waals surface area (Å²) in [7, 11) is 3.70. The van der Waals surface area contributed by atoms with Crippen LogP contribution in [0.3, 0.4) is 0 Å². The van der Waals surface area contributed by atoms with E-state index in [4.69, 9.17) is 9.72 Å². The van der Waals surface area contributed by atoms with Gasteiger partial charge in [-0.25, -0.2) is 9.97 Å². The van der Waals surface area contributed by atoms with Gasteiger partial charge in [0.05, 0.1) is 0 Å². The van der Waals surface area contributed by atoms with E-state index in [0.29, 0.717) is 11.3 Å². The molecule has 1 aromatic rings. The van der Waals surface area contributed by atoms with E-state index in [-0.39, 0.29) is 0 Å². The fraction of sp³-hybridized carbons (Fsp3) is 0.750. The van der Waals surface area contributed by atoms with Crippen molar-refractivity contribution >= 4 is 11.6 Å². The van der Waals surface area contributed by atoms with Crippen LogP contribution in [0.5, 0.6) is 0 Å². The molecule has 0 aliphatic heterocycles. The standard InChI is InChI=1S/C16H26N4O/c1-11-13(17-2)19-15(12-4-5-12)20-14(11)18-10-16(6-7-16)8-9-21-3/h12H,4-10H2,1-3H3,(H2,17,18,19,20). The number of anilines is 2. The fourth-order valence-corrected chi connectivity index (χ4v) is 2.76. The minimum Gasteiger partial charge on any atom is -0.385 e. The molecule has 1 aromatic heterocycles. The molecule has 0 unspecified atom stereocenters. The van der Waals surface area contributed by atoms with Gasteiger partial charge >= 0.3 is 0 Å². The lowest BCUT2D eigenvalue weighted by Gasteiger charge is -2.18. The summed E-state index contributed by atoms with van der Waals surface area (Å²) in [4.78, 5) is 9.40. The Bertz CT molecular complexity index is 509. The second-order valence-electron chi connectivity index (χ2n) is 6.52. The smallest absolute Gasteiger partial charge is 0.136 e. The van der Waals surface area contributed by atoms with Gasteiger partial charge in [0.2, 0.25) is 0 Å². The first-order valence-electron chi connectivity index (χ1n) is 7.96. The number of aromatic nitrogens is 2. The van der Waals surface area contributed by atoms with Crippen LogP contribution in [-0.2, 0) is 4.74 Å². The third-order valence-corrected chi connectivity index (χ3v) is 4.77. The summed E-state index contributed by atoms with van der Waals surface area (Å²) in [6.45, 7) is 3.92. The van der Waals surface area contributed by atoms with Crippen molar-refractivity contribution in [1.82, 2.24) is 9.97 Å². The molecule has 2 aliphatic carbocycles. The first-order chi connectivity index (χ1) is 10.2. The predicted octanol–water partition coefficient (Wildman–Crippen LogP) is 2.93. The van der Waals surface area contributed by atoms with Crippen LogP contribution >= 0.6 is 0 Å². The SMILES string of the molecule is CNc1nc(C2CC2)nc(NCC2(CCOC)CC2)c1C. The Labute approximate surface area is 126 Å². The Balaban J connectivity index is 1.70. The maximum atomic E-state index is 5.23. The van der Waals surface area contributed by atoms with E-state index in [0.717, 1.165) is 42.6 Å². The summed E-state index contributed by atoms with van der Waals surface area (Å²) in [5.74, 6) is 3.52. The molecule has 0 aromatic carbocycles. The predicted molar refractivity (Wildman–Crippen MR) is 84.9 cm³/mol. The van der Waals surface area contributed by atoms with E-state index in [1.165, 1.54) is 25.7 Å². The maximum Gasteiger partial charge on any atom is 0.136 e. The minimum atomic E-state index is 0.424. The molecule has 0 radical (unpaired) electrons. The van der Waals surface area contributed by atoms with Gasteiger partial charge in [0, 0.05) is 38.8 Å². The fourth-order valence-electron chi connectivity index (χ4n) is 2.76. The molecular formula is C16H26N4O. The molecule has 0 atom stereocenters. The number of nitrogens with one attached hydrogen (secondary N) is 2. The van der Waals surface area contributed by atoms with Crippen molar-refractivity contribution in [3.8, 4) is 0 Å². The Hall–Kier alpha value is -1.36. The van der Waals surface area contributed by atoms with Crippen LogP contribution in [0, 0.1) is 12.3 Å². The van der Waals surface area contributed by atoms with Gasteiger partial charge in [-0.2, -0.15) is 0 Å². The maximum absolute atomic E-state index is 5.23. The zero-order valence-corrected chi connectivity index (χ0v) is 13.3. The lowest BCUT2D eigenvalue weighted by atomic mass is 10.0. The van der Waals surface area contributed by atoms with Gasteiger partial charge in [0.25, 0.3) is 0 Å². The first-order valence-corrected chi connectivity index (χ1v) is 7.96. The van der Waals surface area contributed by atoms with Crippen molar-refractivity contribution in [3.05, 3.63) is 11.4 Å².